The third-order valence-corrected chi connectivity index (χ3v) is 3.22. The van der Waals surface area contributed by atoms with Crippen LogP contribution in [0.5, 0.6) is 5.75 Å². The monoisotopic (exact) mass is 327 g/mol. The normalized spacial score (nSPS) is 10.9. The van der Waals surface area contributed by atoms with Gasteiger partial charge in [-0.3, -0.25) is 4.79 Å². The molecule has 1 aromatic carbocycles. The predicted molar refractivity (Wildman–Crippen MR) is 84.5 cm³/mol. The van der Waals surface area contributed by atoms with Crippen molar-refractivity contribution < 1.29 is 24.2 Å². The van der Waals surface area contributed by atoms with E-state index >= 15 is 0 Å². The minimum atomic E-state index is -0.849. The van der Waals surface area contributed by atoms with Crippen LogP contribution in [0.15, 0.2) is 29.2 Å². The van der Waals surface area contributed by atoms with Crippen molar-refractivity contribution in [2.24, 2.45) is 0 Å². The number of carbonyl (C=O) groups excluding carboxylic acids is 1. The van der Waals surface area contributed by atoms with Crippen molar-refractivity contribution in [1.82, 2.24) is 5.32 Å². The number of carboxylic acid groups (broad SMARTS) is 1. The summed E-state index contributed by atoms with van der Waals surface area (Å²) in [5, 5.41) is 11.2. The first-order chi connectivity index (χ1) is 10.3. The highest BCUT2D eigenvalue weighted by Crippen LogP contribution is 2.21. The number of ether oxygens (including phenoxy) is 2. The third-order valence-electron chi connectivity index (χ3n) is 2.23. The molecule has 0 unspecified atom stereocenters. The van der Waals surface area contributed by atoms with Crippen LogP contribution in [-0.2, 0) is 9.53 Å². The summed E-state index contributed by atoms with van der Waals surface area (Å²) in [6, 6.07) is 7.11. The Balaban J connectivity index is 2.25. The molecule has 1 amide bonds. The lowest BCUT2D eigenvalue weighted by Gasteiger charge is -2.19. The van der Waals surface area contributed by atoms with Crippen LogP contribution in [-0.4, -0.2) is 41.7 Å². The molecule has 22 heavy (non-hydrogen) atoms. The van der Waals surface area contributed by atoms with Crippen LogP contribution in [0.25, 0.3) is 0 Å². The molecule has 0 aliphatic rings. The Kier molecular flexibility index (Phi) is 7.04. The molecule has 7 heteroatoms. The van der Waals surface area contributed by atoms with Crippen LogP contribution in [0, 0.1) is 0 Å². The fourth-order valence-electron chi connectivity index (χ4n) is 1.41. The molecular weight excluding hydrogens is 306 g/mol. The fourth-order valence-corrected chi connectivity index (χ4v) is 2.03. The van der Waals surface area contributed by atoms with Crippen molar-refractivity contribution >= 4 is 23.8 Å². The number of hydrogen-bond acceptors (Lipinski definition) is 5. The van der Waals surface area contributed by atoms with Crippen LogP contribution in [0.2, 0.25) is 0 Å². The van der Waals surface area contributed by atoms with E-state index < -0.39 is 17.7 Å². The fraction of sp³-hybridized carbons (Fsp3) is 0.467. The van der Waals surface area contributed by atoms with Gasteiger partial charge in [0.15, 0.2) is 0 Å². The molecule has 0 aliphatic carbocycles. The molecular formula is C15H21NO5S. The number of hydrogen-bond donors (Lipinski definition) is 2. The summed E-state index contributed by atoms with van der Waals surface area (Å²) in [5.74, 6) is -0.163. The van der Waals surface area contributed by atoms with Crippen LogP contribution in [0.4, 0.5) is 4.79 Å². The highest BCUT2D eigenvalue weighted by Gasteiger charge is 2.15. The van der Waals surface area contributed by atoms with E-state index in [2.05, 4.69) is 5.32 Å². The molecule has 122 valence electrons. The van der Waals surface area contributed by atoms with Crippen LogP contribution >= 0.6 is 11.8 Å². The molecule has 0 aromatic heterocycles. The minimum Gasteiger partial charge on any atom is -0.492 e. The van der Waals surface area contributed by atoms with Gasteiger partial charge < -0.3 is 19.9 Å². The van der Waals surface area contributed by atoms with E-state index in [4.69, 9.17) is 14.6 Å². The van der Waals surface area contributed by atoms with E-state index in [1.54, 1.807) is 45.0 Å². The first-order valence-corrected chi connectivity index (χ1v) is 7.79. The zero-order valence-electron chi connectivity index (χ0n) is 12.9. The lowest BCUT2D eigenvalue weighted by Crippen LogP contribution is -2.34. The van der Waals surface area contributed by atoms with E-state index in [0.29, 0.717) is 18.9 Å². The SMILES string of the molecule is CC(C)(C)OC(=O)NCCOc1ccc(SCC(=O)O)cc1. The van der Waals surface area contributed by atoms with E-state index in [1.807, 2.05) is 0 Å². The maximum absolute atomic E-state index is 11.4. The van der Waals surface area contributed by atoms with Crippen molar-refractivity contribution in [3.05, 3.63) is 24.3 Å². The summed E-state index contributed by atoms with van der Waals surface area (Å²) >= 11 is 1.25. The molecule has 0 radical (unpaired) electrons. The molecule has 6 nitrogen and oxygen atoms in total. The van der Waals surface area contributed by atoms with Crippen LogP contribution < -0.4 is 10.1 Å². The quantitative estimate of drug-likeness (QED) is 0.592. The van der Waals surface area contributed by atoms with Crippen molar-refractivity contribution in [2.45, 2.75) is 31.3 Å². The Hall–Kier alpha value is -1.89. The van der Waals surface area contributed by atoms with E-state index in [1.165, 1.54) is 11.8 Å². The van der Waals surface area contributed by atoms with Crippen LogP contribution in [0.3, 0.4) is 0 Å². The number of amides is 1. The average molecular weight is 327 g/mol. The number of thioether (sulfide) groups is 1. The number of nitrogens with one attached hydrogen (secondary N) is 1. The zero-order chi connectivity index (χ0) is 16.6. The van der Waals surface area contributed by atoms with Crippen molar-refractivity contribution in [3.63, 3.8) is 0 Å². The molecule has 0 heterocycles. The molecule has 0 saturated carbocycles. The van der Waals surface area contributed by atoms with Gasteiger partial charge in [0.2, 0.25) is 0 Å². The van der Waals surface area contributed by atoms with Gasteiger partial charge in [-0.25, -0.2) is 4.79 Å². The zero-order valence-corrected chi connectivity index (χ0v) is 13.7. The van der Waals surface area contributed by atoms with Gasteiger partial charge in [-0.15, -0.1) is 11.8 Å². The summed E-state index contributed by atoms with van der Waals surface area (Å²) in [6.07, 6.45) is -0.475. The number of carboxylic acids is 1. The predicted octanol–water partition coefficient (Wildman–Crippen LogP) is 2.77. The number of aliphatic carboxylic acids is 1. The smallest absolute Gasteiger partial charge is 0.407 e. The lowest BCUT2D eigenvalue weighted by atomic mass is 10.2. The topological polar surface area (TPSA) is 84.9 Å². The van der Waals surface area contributed by atoms with E-state index in [0.717, 1.165) is 4.90 Å². The van der Waals surface area contributed by atoms with Gasteiger partial charge in [0.25, 0.3) is 0 Å². The molecule has 0 spiro atoms. The first kappa shape index (κ1) is 18.2. The molecule has 0 bridgehead atoms. The third kappa shape index (κ3) is 8.41. The summed E-state index contributed by atoms with van der Waals surface area (Å²) < 4.78 is 10.6. The van der Waals surface area contributed by atoms with Gasteiger partial charge in [-0.2, -0.15) is 0 Å². The van der Waals surface area contributed by atoms with Gasteiger partial charge in [0.05, 0.1) is 12.3 Å². The second-order valence-corrected chi connectivity index (χ2v) is 6.48. The first-order valence-electron chi connectivity index (χ1n) is 6.80. The minimum absolute atomic E-state index is 0.0278. The van der Waals surface area contributed by atoms with Gasteiger partial charge in [-0.1, -0.05) is 0 Å². The molecule has 0 fully saturated rings. The van der Waals surface area contributed by atoms with Gasteiger partial charge >= 0.3 is 12.1 Å². The average Bonchev–Trinajstić information content (AvgIpc) is 2.40. The molecule has 2 N–H and O–H groups in total. The van der Waals surface area contributed by atoms with E-state index in [9.17, 15) is 9.59 Å². The highest BCUT2D eigenvalue weighted by molar-refractivity contribution is 8.00. The number of carbonyl (C=O) groups is 2. The Morgan fingerprint density at radius 2 is 1.86 bits per heavy atom. The molecule has 0 atom stereocenters. The number of rotatable bonds is 7. The standard InChI is InChI=1S/C15H21NO5S/c1-15(2,3)21-14(19)16-8-9-20-11-4-6-12(7-5-11)22-10-13(17)18/h4-7H,8-10H2,1-3H3,(H,16,19)(H,17,18). The van der Waals surface area contributed by atoms with Gasteiger partial charge in [0, 0.05) is 4.90 Å². The van der Waals surface area contributed by atoms with Crippen molar-refractivity contribution in [3.8, 4) is 5.75 Å². The Labute approximate surface area is 134 Å². The van der Waals surface area contributed by atoms with Crippen molar-refractivity contribution in [2.75, 3.05) is 18.9 Å². The van der Waals surface area contributed by atoms with E-state index in [-0.39, 0.29) is 5.75 Å². The molecule has 0 saturated heterocycles. The Bertz CT molecular complexity index is 496. The molecule has 1 rings (SSSR count). The summed E-state index contributed by atoms with van der Waals surface area (Å²) in [7, 11) is 0. The number of benzene rings is 1. The maximum atomic E-state index is 11.4. The van der Waals surface area contributed by atoms with Crippen LogP contribution in [0.1, 0.15) is 20.8 Å². The highest BCUT2D eigenvalue weighted by atomic mass is 32.2. The maximum Gasteiger partial charge on any atom is 0.407 e. The molecule has 0 aliphatic heterocycles. The summed E-state index contributed by atoms with van der Waals surface area (Å²) in [4.78, 5) is 22.7. The molecule has 1 aromatic rings. The largest absolute Gasteiger partial charge is 0.492 e. The second kappa shape index (κ2) is 8.53. The lowest BCUT2D eigenvalue weighted by molar-refractivity contribution is -0.133. The second-order valence-electron chi connectivity index (χ2n) is 5.43. The van der Waals surface area contributed by atoms with Gasteiger partial charge in [0.1, 0.15) is 18.0 Å². The summed E-state index contributed by atoms with van der Waals surface area (Å²) in [6.45, 7) is 6.05. The number of alkyl carbamates (subject to hydrolysis) is 1. The van der Waals surface area contributed by atoms with Gasteiger partial charge in [-0.05, 0) is 45.0 Å². The van der Waals surface area contributed by atoms with Crippen molar-refractivity contribution in [1.29, 1.82) is 0 Å². The summed E-state index contributed by atoms with van der Waals surface area (Å²) in [5.41, 5.74) is -0.519. The Morgan fingerprint density at radius 3 is 2.41 bits per heavy atom. The Morgan fingerprint density at radius 1 is 1.23 bits per heavy atom.